The summed E-state index contributed by atoms with van der Waals surface area (Å²) in [6.45, 7) is 5.22. The van der Waals surface area contributed by atoms with Crippen LogP contribution in [0.4, 0.5) is 5.82 Å². The van der Waals surface area contributed by atoms with E-state index < -0.39 is 22.8 Å². The van der Waals surface area contributed by atoms with Crippen molar-refractivity contribution in [1.29, 1.82) is 0 Å². The number of ether oxygens (including phenoxy) is 2. The molecule has 30 heavy (non-hydrogen) atoms. The van der Waals surface area contributed by atoms with Gasteiger partial charge in [0.2, 0.25) is 0 Å². The van der Waals surface area contributed by atoms with Gasteiger partial charge in [-0.3, -0.25) is 4.55 Å². The van der Waals surface area contributed by atoms with E-state index in [9.17, 15) is 13.6 Å². The molecule has 0 saturated carbocycles. The molecule has 0 aliphatic heterocycles. The number of esters is 1. The molecule has 0 saturated heterocycles. The Bertz CT molecular complexity index is 930. The Morgan fingerprint density at radius 2 is 2.10 bits per heavy atom. The standard InChI is InChI=1S/C21H25BrN2O5S/c1-21(2,3)29-20(25)13-28-18-9-5-6-15-16(18)7-4-8-17(15)24(30(26)27)19-11-10-14(22)12-23-19/h5-6,9-12,17H,4,7-8,13H2,1-3H3,(H,26,27). The van der Waals surface area contributed by atoms with Crippen LogP contribution in [-0.2, 0) is 27.2 Å². The number of nitrogens with zero attached hydrogens (tertiary/aromatic N) is 2. The van der Waals surface area contributed by atoms with E-state index in [1.54, 1.807) is 39.1 Å². The Morgan fingerprint density at radius 1 is 1.33 bits per heavy atom. The first-order valence-corrected chi connectivity index (χ1v) is 11.5. The Balaban J connectivity index is 1.87. The molecule has 9 heteroatoms. The molecular weight excluding hydrogens is 472 g/mol. The molecule has 0 spiro atoms. The van der Waals surface area contributed by atoms with Crippen LogP contribution in [0.5, 0.6) is 5.75 Å². The molecule has 2 aromatic rings. The van der Waals surface area contributed by atoms with Crippen molar-refractivity contribution in [2.24, 2.45) is 0 Å². The number of halogens is 1. The molecule has 0 bridgehead atoms. The van der Waals surface area contributed by atoms with Crippen LogP contribution < -0.4 is 9.04 Å². The molecule has 1 N–H and O–H groups in total. The van der Waals surface area contributed by atoms with E-state index in [4.69, 9.17) is 9.47 Å². The van der Waals surface area contributed by atoms with Crippen LogP contribution in [0.1, 0.15) is 50.8 Å². The lowest BCUT2D eigenvalue weighted by atomic mass is 9.87. The summed E-state index contributed by atoms with van der Waals surface area (Å²) in [5.41, 5.74) is 1.25. The highest BCUT2D eigenvalue weighted by Gasteiger charge is 2.32. The monoisotopic (exact) mass is 496 g/mol. The number of aromatic nitrogens is 1. The van der Waals surface area contributed by atoms with E-state index in [0.717, 1.165) is 28.4 Å². The fourth-order valence-corrected chi connectivity index (χ4v) is 4.46. The normalized spacial score (nSPS) is 17.0. The molecule has 0 amide bonds. The Labute approximate surface area is 187 Å². The number of carbonyl (C=O) groups is 1. The molecule has 2 unspecified atom stereocenters. The molecule has 0 fully saturated rings. The van der Waals surface area contributed by atoms with Gasteiger partial charge < -0.3 is 9.47 Å². The average Bonchev–Trinajstić information content (AvgIpc) is 2.66. The van der Waals surface area contributed by atoms with Gasteiger partial charge in [0.15, 0.2) is 6.61 Å². The highest BCUT2D eigenvalue weighted by atomic mass is 79.9. The Hall–Kier alpha value is -1.97. The van der Waals surface area contributed by atoms with Crippen molar-refractivity contribution in [1.82, 2.24) is 4.98 Å². The number of fused-ring (bicyclic) bond motifs is 1. The van der Waals surface area contributed by atoms with E-state index >= 15 is 0 Å². The molecule has 2 atom stereocenters. The van der Waals surface area contributed by atoms with Gasteiger partial charge in [-0.05, 0) is 85.3 Å². The second-order valence-corrected chi connectivity index (χ2v) is 9.77. The van der Waals surface area contributed by atoms with Crippen LogP contribution >= 0.6 is 15.9 Å². The van der Waals surface area contributed by atoms with Gasteiger partial charge in [0.1, 0.15) is 17.2 Å². The summed E-state index contributed by atoms with van der Waals surface area (Å²) in [5, 5.41) is 0. The first kappa shape index (κ1) is 22.7. The van der Waals surface area contributed by atoms with Gasteiger partial charge in [0.25, 0.3) is 11.3 Å². The topological polar surface area (TPSA) is 89.0 Å². The van der Waals surface area contributed by atoms with E-state index in [-0.39, 0.29) is 12.6 Å². The predicted octanol–water partition coefficient (Wildman–Crippen LogP) is 4.59. The van der Waals surface area contributed by atoms with E-state index in [2.05, 4.69) is 20.9 Å². The lowest BCUT2D eigenvalue weighted by molar-refractivity contribution is -0.157. The second kappa shape index (κ2) is 9.45. The van der Waals surface area contributed by atoms with Gasteiger partial charge in [-0.15, -0.1) is 0 Å². The third-order valence-electron chi connectivity index (χ3n) is 4.59. The van der Waals surface area contributed by atoms with Crippen LogP contribution in [-0.4, -0.2) is 31.9 Å². The fraction of sp³-hybridized carbons (Fsp3) is 0.429. The van der Waals surface area contributed by atoms with Crippen LogP contribution in [0.25, 0.3) is 0 Å². The van der Waals surface area contributed by atoms with Crippen LogP contribution in [0.2, 0.25) is 0 Å². The second-order valence-electron chi connectivity index (χ2n) is 8.00. The quantitative estimate of drug-likeness (QED) is 0.464. The molecule has 1 aromatic carbocycles. The summed E-state index contributed by atoms with van der Waals surface area (Å²) < 4.78 is 35.5. The number of hydrogen-bond donors (Lipinski definition) is 1. The van der Waals surface area contributed by atoms with Gasteiger partial charge >= 0.3 is 5.97 Å². The largest absolute Gasteiger partial charge is 0.482 e. The van der Waals surface area contributed by atoms with E-state index in [1.807, 2.05) is 18.2 Å². The Kier molecular flexibility index (Phi) is 7.15. The van der Waals surface area contributed by atoms with Crippen molar-refractivity contribution in [3.63, 3.8) is 0 Å². The highest BCUT2D eigenvalue weighted by molar-refractivity contribution is 9.10. The van der Waals surface area contributed by atoms with Crippen LogP contribution in [0.3, 0.4) is 0 Å². The summed E-state index contributed by atoms with van der Waals surface area (Å²) in [6, 6.07) is 8.72. The van der Waals surface area contributed by atoms with Crippen molar-refractivity contribution < 1.29 is 23.0 Å². The predicted molar refractivity (Wildman–Crippen MR) is 119 cm³/mol. The van der Waals surface area contributed by atoms with Gasteiger partial charge in [-0.2, -0.15) is 0 Å². The fourth-order valence-electron chi connectivity index (χ4n) is 3.52. The van der Waals surface area contributed by atoms with Crippen LogP contribution in [0.15, 0.2) is 41.0 Å². The summed E-state index contributed by atoms with van der Waals surface area (Å²) in [5.74, 6) is 0.567. The molecule has 1 aromatic heterocycles. The van der Waals surface area contributed by atoms with Gasteiger partial charge in [-0.1, -0.05) is 12.1 Å². The lowest BCUT2D eigenvalue weighted by Crippen LogP contribution is -2.33. The number of carbonyl (C=O) groups excluding carboxylic acids is 1. The molecule has 1 heterocycles. The van der Waals surface area contributed by atoms with Crippen molar-refractivity contribution in [2.75, 3.05) is 10.9 Å². The zero-order valence-corrected chi connectivity index (χ0v) is 19.5. The average molecular weight is 497 g/mol. The third kappa shape index (κ3) is 5.59. The lowest BCUT2D eigenvalue weighted by Gasteiger charge is -2.34. The van der Waals surface area contributed by atoms with Gasteiger partial charge in [0, 0.05) is 10.7 Å². The maximum Gasteiger partial charge on any atom is 0.344 e. The minimum atomic E-state index is -2.25. The van der Waals surface area contributed by atoms with E-state index in [0.29, 0.717) is 18.0 Å². The smallest absolute Gasteiger partial charge is 0.344 e. The maximum atomic E-state index is 12.2. The zero-order chi connectivity index (χ0) is 21.9. The number of hydrogen-bond acceptors (Lipinski definition) is 5. The number of rotatable bonds is 6. The summed E-state index contributed by atoms with van der Waals surface area (Å²) in [6.07, 6.45) is 3.87. The van der Waals surface area contributed by atoms with Crippen LogP contribution in [0, 0.1) is 0 Å². The summed E-state index contributed by atoms with van der Waals surface area (Å²) >= 11 is 1.08. The van der Waals surface area contributed by atoms with Crippen molar-refractivity contribution in [2.45, 2.75) is 51.7 Å². The zero-order valence-electron chi connectivity index (χ0n) is 17.1. The minimum Gasteiger partial charge on any atom is -0.482 e. The van der Waals surface area contributed by atoms with Crippen molar-refractivity contribution in [3.8, 4) is 5.75 Å². The van der Waals surface area contributed by atoms with E-state index in [1.165, 1.54) is 4.31 Å². The van der Waals surface area contributed by atoms with Crippen molar-refractivity contribution >= 4 is 39.0 Å². The molecule has 3 rings (SSSR count). The Morgan fingerprint density at radius 3 is 2.73 bits per heavy atom. The minimum absolute atomic E-state index is 0.192. The number of pyridine rings is 1. The number of anilines is 1. The highest BCUT2D eigenvalue weighted by Crippen LogP contribution is 2.40. The third-order valence-corrected chi connectivity index (χ3v) is 5.83. The molecular formula is C21H25BrN2O5S. The molecule has 7 nitrogen and oxygen atoms in total. The summed E-state index contributed by atoms with van der Waals surface area (Å²) in [4.78, 5) is 16.3. The summed E-state index contributed by atoms with van der Waals surface area (Å²) in [7, 11) is 0. The van der Waals surface area contributed by atoms with Crippen molar-refractivity contribution in [3.05, 3.63) is 52.1 Å². The number of benzene rings is 1. The first-order valence-electron chi connectivity index (χ1n) is 9.64. The first-order chi connectivity index (χ1) is 14.2. The molecule has 0 radical (unpaired) electrons. The van der Waals surface area contributed by atoms with Gasteiger partial charge in [0.05, 0.1) is 6.04 Å². The molecule has 1 aliphatic rings. The maximum absolute atomic E-state index is 12.2. The molecule has 1 aliphatic carbocycles. The SMILES string of the molecule is CC(C)(C)OC(=O)COc1cccc2c1CCCC2N(c1ccc(Br)cn1)S(=O)O. The van der Waals surface area contributed by atoms with Gasteiger partial charge in [-0.25, -0.2) is 18.3 Å². The molecule has 162 valence electrons.